The van der Waals surface area contributed by atoms with Crippen LogP contribution in [0.3, 0.4) is 0 Å². The Morgan fingerprint density at radius 2 is 2.00 bits per heavy atom. The van der Waals surface area contributed by atoms with Gasteiger partial charge in [-0.05, 0) is 37.5 Å². The number of carboxylic acids is 1. The minimum Gasteiger partial charge on any atom is -0.493 e. The molecule has 1 aromatic carbocycles. The van der Waals surface area contributed by atoms with E-state index in [1.54, 1.807) is 14.0 Å². The Balaban J connectivity index is 2.59. The van der Waals surface area contributed by atoms with Crippen molar-refractivity contribution in [3.63, 3.8) is 0 Å². The number of amides is 1. The highest BCUT2D eigenvalue weighted by Gasteiger charge is 2.23. The van der Waals surface area contributed by atoms with Gasteiger partial charge in [0, 0.05) is 6.54 Å². The van der Waals surface area contributed by atoms with Crippen molar-refractivity contribution in [2.45, 2.75) is 26.7 Å². The zero-order valence-corrected chi connectivity index (χ0v) is 13.2. The molecule has 0 aliphatic carbocycles. The number of carboxylic acid groups (broad SMARTS) is 1. The molecule has 122 valence electrons. The lowest BCUT2D eigenvalue weighted by molar-refractivity contribution is -0.147. The first kappa shape index (κ1) is 17.8. The van der Waals surface area contributed by atoms with Crippen molar-refractivity contribution in [3.8, 4) is 11.5 Å². The van der Waals surface area contributed by atoms with Crippen LogP contribution in [-0.2, 0) is 16.0 Å². The van der Waals surface area contributed by atoms with Crippen LogP contribution >= 0.6 is 0 Å². The molecule has 1 atom stereocenters. The van der Waals surface area contributed by atoms with Crippen LogP contribution < -0.4 is 14.8 Å². The van der Waals surface area contributed by atoms with Crippen molar-refractivity contribution in [1.82, 2.24) is 5.32 Å². The van der Waals surface area contributed by atoms with E-state index in [0.717, 1.165) is 5.56 Å². The molecular weight excluding hydrogens is 286 g/mol. The summed E-state index contributed by atoms with van der Waals surface area (Å²) in [6.45, 7) is 4.48. The molecule has 0 bridgehead atoms. The lowest BCUT2D eigenvalue weighted by Crippen LogP contribution is -2.36. The van der Waals surface area contributed by atoms with Crippen molar-refractivity contribution in [2.75, 3.05) is 20.3 Å². The molecule has 1 aromatic rings. The number of hydrogen-bond donors (Lipinski definition) is 2. The maximum absolute atomic E-state index is 11.7. The van der Waals surface area contributed by atoms with Crippen molar-refractivity contribution in [1.29, 1.82) is 0 Å². The number of aliphatic carboxylic acids is 1. The second kappa shape index (κ2) is 8.92. The average Bonchev–Trinajstić information content (AvgIpc) is 2.48. The van der Waals surface area contributed by atoms with Gasteiger partial charge in [-0.2, -0.15) is 0 Å². The first-order chi connectivity index (χ1) is 10.5. The number of benzene rings is 1. The Labute approximate surface area is 130 Å². The van der Waals surface area contributed by atoms with E-state index in [-0.39, 0.29) is 6.42 Å². The Morgan fingerprint density at radius 3 is 2.55 bits per heavy atom. The molecule has 0 saturated carbocycles. The van der Waals surface area contributed by atoms with Crippen molar-refractivity contribution in [3.05, 3.63) is 23.8 Å². The highest BCUT2D eigenvalue weighted by molar-refractivity contribution is 5.96. The summed E-state index contributed by atoms with van der Waals surface area (Å²) in [4.78, 5) is 22.6. The van der Waals surface area contributed by atoms with Gasteiger partial charge in [0.05, 0.1) is 13.7 Å². The van der Waals surface area contributed by atoms with Gasteiger partial charge in [-0.25, -0.2) is 0 Å². The standard InChI is InChI=1S/C16H23NO5/c1-4-12(16(19)20)15(18)17-9-8-11-6-7-13(21-3)14(10-11)22-5-2/h6-7,10,12H,4-5,8-9H2,1-3H3,(H,17,18)(H,19,20). The highest BCUT2D eigenvalue weighted by Crippen LogP contribution is 2.28. The SMILES string of the molecule is CCOc1cc(CCNC(=O)C(CC)C(=O)O)ccc1OC. The molecule has 0 fully saturated rings. The fourth-order valence-electron chi connectivity index (χ4n) is 2.07. The van der Waals surface area contributed by atoms with Crippen LogP contribution in [0.25, 0.3) is 0 Å². The van der Waals surface area contributed by atoms with E-state index in [9.17, 15) is 9.59 Å². The van der Waals surface area contributed by atoms with Gasteiger partial charge in [0.15, 0.2) is 11.5 Å². The molecule has 1 rings (SSSR count). The van der Waals surface area contributed by atoms with Gasteiger partial charge >= 0.3 is 5.97 Å². The number of carbonyl (C=O) groups is 2. The third-order valence-electron chi connectivity index (χ3n) is 3.26. The third kappa shape index (κ3) is 4.95. The Morgan fingerprint density at radius 1 is 1.27 bits per heavy atom. The number of nitrogens with one attached hydrogen (secondary N) is 1. The fraction of sp³-hybridized carbons (Fsp3) is 0.500. The molecule has 0 spiro atoms. The first-order valence-corrected chi connectivity index (χ1v) is 7.33. The zero-order valence-electron chi connectivity index (χ0n) is 13.2. The van der Waals surface area contributed by atoms with Crippen LogP contribution in [0.2, 0.25) is 0 Å². The van der Waals surface area contributed by atoms with Gasteiger partial charge < -0.3 is 19.9 Å². The maximum atomic E-state index is 11.7. The van der Waals surface area contributed by atoms with E-state index in [1.165, 1.54) is 0 Å². The highest BCUT2D eigenvalue weighted by atomic mass is 16.5. The van der Waals surface area contributed by atoms with E-state index >= 15 is 0 Å². The van der Waals surface area contributed by atoms with E-state index in [4.69, 9.17) is 14.6 Å². The van der Waals surface area contributed by atoms with Crippen LogP contribution in [-0.4, -0.2) is 37.2 Å². The summed E-state index contributed by atoms with van der Waals surface area (Å²) in [7, 11) is 1.58. The molecule has 0 aliphatic heterocycles. The molecule has 0 saturated heterocycles. The van der Waals surface area contributed by atoms with Crippen LogP contribution in [0.5, 0.6) is 11.5 Å². The van der Waals surface area contributed by atoms with Crippen LogP contribution in [0.4, 0.5) is 0 Å². The Kier molecular flexibility index (Phi) is 7.22. The molecule has 2 N–H and O–H groups in total. The molecule has 22 heavy (non-hydrogen) atoms. The van der Waals surface area contributed by atoms with Crippen LogP contribution in [0, 0.1) is 5.92 Å². The molecule has 6 nitrogen and oxygen atoms in total. The summed E-state index contributed by atoms with van der Waals surface area (Å²) in [5, 5.41) is 11.6. The van der Waals surface area contributed by atoms with Gasteiger partial charge in [-0.3, -0.25) is 9.59 Å². The van der Waals surface area contributed by atoms with E-state index < -0.39 is 17.8 Å². The van der Waals surface area contributed by atoms with E-state index in [1.807, 2.05) is 25.1 Å². The summed E-state index contributed by atoms with van der Waals surface area (Å²) in [5.41, 5.74) is 0.980. The second-order valence-electron chi connectivity index (χ2n) is 4.76. The van der Waals surface area contributed by atoms with Gasteiger partial charge in [0.2, 0.25) is 5.91 Å². The lowest BCUT2D eigenvalue weighted by Gasteiger charge is -2.12. The van der Waals surface area contributed by atoms with Crippen LogP contribution in [0.1, 0.15) is 25.8 Å². The first-order valence-electron chi connectivity index (χ1n) is 7.33. The van der Waals surface area contributed by atoms with Gasteiger partial charge in [-0.15, -0.1) is 0 Å². The van der Waals surface area contributed by atoms with E-state index in [2.05, 4.69) is 5.32 Å². The lowest BCUT2D eigenvalue weighted by atomic mass is 10.1. The second-order valence-corrected chi connectivity index (χ2v) is 4.76. The Hall–Kier alpha value is -2.24. The molecule has 0 heterocycles. The fourth-order valence-corrected chi connectivity index (χ4v) is 2.07. The summed E-state index contributed by atoms with van der Waals surface area (Å²) < 4.78 is 10.7. The monoisotopic (exact) mass is 309 g/mol. The number of methoxy groups -OCH3 is 1. The smallest absolute Gasteiger partial charge is 0.316 e. The minimum absolute atomic E-state index is 0.276. The number of hydrogen-bond acceptors (Lipinski definition) is 4. The zero-order chi connectivity index (χ0) is 16.5. The molecule has 0 radical (unpaired) electrons. The molecule has 1 unspecified atom stereocenters. The van der Waals surface area contributed by atoms with Gasteiger partial charge in [0.1, 0.15) is 5.92 Å². The van der Waals surface area contributed by atoms with Crippen molar-refractivity contribution in [2.24, 2.45) is 5.92 Å². The topological polar surface area (TPSA) is 84.9 Å². The third-order valence-corrected chi connectivity index (χ3v) is 3.26. The largest absolute Gasteiger partial charge is 0.493 e. The molecule has 6 heteroatoms. The molecule has 1 amide bonds. The normalized spacial score (nSPS) is 11.6. The molecule has 0 aromatic heterocycles. The van der Waals surface area contributed by atoms with Crippen LogP contribution in [0.15, 0.2) is 18.2 Å². The van der Waals surface area contributed by atoms with Gasteiger partial charge in [-0.1, -0.05) is 13.0 Å². The predicted octanol–water partition coefficient (Wildman–Crippen LogP) is 1.86. The maximum Gasteiger partial charge on any atom is 0.316 e. The summed E-state index contributed by atoms with van der Waals surface area (Å²) >= 11 is 0. The molecular formula is C16H23NO5. The van der Waals surface area contributed by atoms with Crippen molar-refractivity contribution >= 4 is 11.9 Å². The average molecular weight is 309 g/mol. The number of rotatable bonds is 9. The quantitative estimate of drug-likeness (QED) is 0.680. The summed E-state index contributed by atoms with van der Waals surface area (Å²) in [6.07, 6.45) is 0.865. The minimum atomic E-state index is -1.09. The Bertz CT molecular complexity index is 515. The predicted molar refractivity (Wildman–Crippen MR) is 82.3 cm³/mol. The van der Waals surface area contributed by atoms with Crippen molar-refractivity contribution < 1.29 is 24.2 Å². The summed E-state index contributed by atoms with van der Waals surface area (Å²) in [6, 6.07) is 5.57. The molecule has 0 aliphatic rings. The number of carbonyl (C=O) groups excluding carboxylic acids is 1. The number of ether oxygens (including phenoxy) is 2. The van der Waals surface area contributed by atoms with Gasteiger partial charge in [0.25, 0.3) is 0 Å². The van der Waals surface area contributed by atoms with E-state index in [0.29, 0.717) is 31.1 Å². The summed E-state index contributed by atoms with van der Waals surface area (Å²) in [5.74, 6) is -1.22.